The summed E-state index contributed by atoms with van der Waals surface area (Å²) in [6, 6.07) is 13.7. The van der Waals surface area contributed by atoms with E-state index in [4.69, 9.17) is 14.7 Å². The quantitative estimate of drug-likeness (QED) is 0.833. The van der Waals surface area contributed by atoms with Gasteiger partial charge in [-0.3, -0.25) is 4.79 Å². The molecule has 1 amide bonds. The topological polar surface area (TPSA) is 88.3 Å². The van der Waals surface area contributed by atoms with E-state index in [1.54, 1.807) is 0 Å². The molecule has 7 heteroatoms. The van der Waals surface area contributed by atoms with Crippen LogP contribution in [-0.2, 0) is 9.53 Å². The van der Waals surface area contributed by atoms with E-state index in [1.807, 2.05) is 29.2 Å². The Hall–Kier alpha value is -2.98. The molecule has 136 valence electrons. The first kappa shape index (κ1) is 16.2. The number of carbonyl (C=O) groups excluding carboxylic acids is 1. The van der Waals surface area contributed by atoms with Crippen molar-refractivity contribution in [3.63, 3.8) is 0 Å². The minimum absolute atomic E-state index is 0.0686. The van der Waals surface area contributed by atoms with Crippen LogP contribution in [0, 0.1) is 11.3 Å². The summed E-state index contributed by atoms with van der Waals surface area (Å²) in [6.45, 7) is 0. The third-order valence-electron chi connectivity index (χ3n) is 5.66. The second kappa shape index (κ2) is 6.03. The first-order valence-electron chi connectivity index (χ1n) is 9.13. The highest BCUT2D eigenvalue weighted by molar-refractivity contribution is 5.89. The van der Waals surface area contributed by atoms with E-state index in [9.17, 15) is 4.79 Å². The van der Waals surface area contributed by atoms with E-state index in [0.717, 1.165) is 18.4 Å². The second-order valence-electron chi connectivity index (χ2n) is 7.28. The van der Waals surface area contributed by atoms with Crippen molar-refractivity contribution in [3.05, 3.63) is 54.0 Å². The predicted molar refractivity (Wildman–Crippen MR) is 93.3 cm³/mol. The van der Waals surface area contributed by atoms with Gasteiger partial charge >= 0.3 is 0 Å². The molecule has 3 fully saturated rings. The van der Waals surface area contributed by atoms with Crippen molar-refractivity contribution in [1.29, 1.82) is 5.26 Å². The molecule has 3 heterocycles. The number of nitrogens with zero attached hydrogens (tertiary/aromatic N) is 4. The molecule has 5 rings (SSSR count). The lowest BCUT2D eigenvalue weighted by Gasteiger charge is -2.41. The number of benzene rings is 1. The second-order valence-corrected chi connectivity index (χ2v) is 7.28. The van der Waals surface area contributed by atoms with Gasteiger partial charge in [-0.05, 0) is 18.4 Å². The number of rotatable bonds is 3. The molecular formula is C20H18N4O3. The normalized spacial score (nSPS) is 31.4. The molecule has 0 radical (unpaired) electrons. The Kier molecular flexibility index (Phi) is 3.62. The third kappa shape index (κ3) is 2.56. The average Bonchev–Trinajstić information content (AvgIpc) is 3.21. The zero-order valence-corrected chi connectivity index (χ0v) is 14.6. The van der Waals surface area contributed by atoms with Crippen LogP contribution in [0.25, 0.3) is 0 Å². The largest absolute Gasteiger partial charge is 0.474 e. The lowest BCUT2D eigenvalue weighted by Crippen LogP contribution is -2.56. The molecule has 27 heavy (non-hydrogen) atoms. The number of nitriles is 1. The monoisotopic (exact) mass is 362 g/mol. The summed E-state index contributed by atoms with van der Waals surface area (Å²) in [5.74, 6) is 0.425. The molecule has 3 aliphatic rings. The van der Waals surface area contributed by atoms with Crippen molar-refractivity contribution in [2.45, 2.75) is 49.7 Å². The standard InChI is InChI=1S/C20H18N4O3/c21-11-14-8-17(23-12-22-14)26-15-9-20(10-15)19(25)24-16(6-7-18(24)27-20)13-4-2-1-3-5-13/h1-5,8,12,15-16,18H,6-7,9-10H2/t15?,16-,18+,20?/m0/s1. The summed E-state index contributed by atoms with van der Waals surface area (Å²) >= 11 is 0. The highest BCUT2D eigenvalue weighted by Gasteiger charge is 2.63. The van der Waals surface area contributed by atoms with E-state index < -0.39 is 5.60 Å². The van der Waals surface area contributed by atoms with Crippen molar-refractivity contribution in [3.8, 4) is 11.9 Å². The molecule has 2 atom stereocenters. The van der Waals surface area contributed by atoms with Crippen LogP contribution in [0.2, 0.25) is 0 Å². The van der Waals surface area contributed by atoms with Gasteiger partial charge in [-0.15, -0.1) is 0 Å². The van der Waals surface area contributed by atoms with E-state index in [0.29, 0.717) is 18.7 Å². The lowest BCUT2D eigenvalue weighted by molar-refractivity contribution is -0.162. The third-order valence-corrected chi connectivity index (χ3v) is 5.66. The van der Waals surface area contributed by atoms with Crippen molar-refractivity contribution in [2.75, 3.05) is 0 Å². The summed E-state index contributed by atoms with van der Waals surface area (Å²) in [5.41, 5.74) is 0.646. The Morgan fingerprint density at radius 1 is 1.22 bits per heavy atom. The van der Waals surface area contributed by atoms with Gasteiger partial charge in [-0.2, -0.15) is 5.26 Å². The van der Waals surface area contributed by atoms with Crippen LogP contribution in [0.1, 0.15) is 43.0 Å². The number of amides is 1. The Morgan fingerprint density at radius 2 is 2.04 bits per heavy atom. The number of carbonyl (C=O) groups is 1. The van der Waals surface area contributed by atoms with Crippen LogP contribution < -0.4 is 4.74 Å². The summed E-state index contributed by atoms with van der Waals surface area (Å²) in [7, 11) is 0. The van der Waals surface area contributed by atoms with Crippen molar-refractivity contribution < 1.29 is 14.3 Å². The molecule has 1 spiro atoms. The molecule has 7 nitrogen and oxygen atoms in total. The molecule has 1 aromatic heterocycles. The van der Waals surface area contributed by atoms with Crippen molar-refractivity contribution >= 4 is 5.91 Å². The van der Waals surface area contributed by atoms with Crippen LogP contribution in [0.4, 0.5) is 0 Å². The summed E-state index contributed by atoms with van der Waals surface area (Å²) in [6.07, 6.45) is 3.81. The van der Waals surface area contributed by atoms with E-state index in [1.165, 1.54) is 12.4 Å². The molecule has 0 bridgehead atoms. The predicted octanol–water partition coefficient (Wildman–Crippen LogP) is 2.35. The van der Waals surface area contributed by atoms with Crippen LogP contribution >= 0.6 is 0 Å². The Bertz CT molecular complexity index is 920. The molecule has 1 saturated carbocycles. The highest BCUT2D eigenvalue weighted by atomic mass is 16.6. The van der Waals surface area contributed by atoms with Crippen LogP contribution in [0.15, 0.2) is 42.7 Å². The average molecular weight is 362 g/mol. The van der Waals surface area contributed by atoms with Gasteiger partial charge in [0.15, 0.2) is 5.60 Å². The molecule has 1 aromatic carbocycles. The fourth-order valence-electron chi connectivity index (χ4n) is 4.38. The Labute approximate surface area is 156 Å². The minimum Gasteiger partial charge on any atom is -0.474 e. The zero-order chi connectivity index (χ0) is 18.4. The van der Waals surface area contributed by atoms with Gasteiger partial charge in [-0.1, -0.05) is 30.3 Å². The first-order chi connectivity index (χ1) is 13.2. The molecule has 2 aromatic rings. The maximum Gasteiger partial charge on any atom is 0.257 e. The van der Waals surface area contributed by atoms with Gasteiger partial charge in [0.2, 0.25) is 5.88 Å². The smallest absolute Gasteiger partial charge is 0.257 e. The van der Waals surface area contributed by atoms with Crippen LogP contribution in [0.3, 0.4) is 0 Å². The van der Waals surface area contributed by atoms with Gasteiger partial charge in [0.1, 0.15) is 30.4 Å². The minimum atomic E-state index is -0.770. The Morgan fingerprint density at radius 3 is 2.81 bits per heavy atom. The van der Waals surface area contributed by atoms with Crippen LogP contribution in [-0.4, -0.2) is 38.7 Å². The van der Waals surface area contributed by atoms with Crippen LogP contribution in [0.5, 0.6) is 5.88 Å². The summed E-state index contributed by atoms with van der Waals surface area (Å²) in [4.78, 5) is 22.9. The fraction of sp³-hybridized carbons (Fsp3) is 0.400. The summed E-state index contributed by atoms with van der Waals surface area (Å²) in [5, 5.41) is 8.91. The fourth-order valence-corrected chi connectivity index (χ4v) is 4.38. The Balaban J connectivity index is 1.28. The molecule has 2 saturated heterocycles. The van der Waals surface area contributed by atoms with Gasteiger partial charge in [0, 0.05) is 18.9 Å². The lowest BCUT2D eigenvalue weighted by atomic mass is 9.76. The highest BCUT2D eigenvalue weighted by Crippen LogP contribution is 2.51. The number of ether oxygens (including phenoxy) is 2. The summed E-state index contributed by atoms with van der Waals surface area (Å²) < 4.78 is 12.0. The van der Waals surface area contributed by atoms with E-state index in [-0.39, 0.29) is 30.0 Å². The molecule has 0 N–H and O–H groups in total. The van der Waals surface area contributed by atoms with Gasteiger partial charge in [0.25, 0.3) is 5.91 Å². The molecule has 2 aliphatic heterocycles. The van der Waals surface area contributed by atoms with Gasteiger partial charge in [0.05, 0.1) is 6.04 Å². The SMILES string of the molecule is N#Cc1cc(OC2CC3(C2)O[C@@H]2CC[C@@H](c4ccccc4)N2C3=O)ncn1. The maximum atomic E-state index is 13.1. The first-order valence-corrected chi connectivity index (χ1v) is 9.13. The number of hydrogen-bond acceptors (Lipinski definition) is 6. The number of fused-ring (bicyclic) bond motifs is 1. The van der Waals surface area contributed by atoms with Crippen molar-refractivity contribution in [2.24, 2.45) is 0 Å². The maximum absolute atomic E-state index is 13.1. The number of aromatic nitrogens is 2. The van der Waals surface area contributed by atoms with Gasteiger partial charge in [-0.25, -0.2) is 9.97 Å². The number of hydrogen-bond donors (Lipinski definition) is 0. The molecular weight excluding hydrogens is 344 g/mol. The van der Waals surface area contributed by atoms with E-state index in [2.05, 4.69) is 22.1 Å². The van der Waals surface area contributed by atoms with Crippen molar-refractivity contribution in [1.82, 2.24) is 14.9 Å². The van der Waals surface area contributed by atoms with E-state index >= 15 is 0 Å². The van der Waals surface area contributed by atoms with Gasteiger partial charge < -0.3 is 14.4 Å². The zero-order valence-electron chi connectivity index (χ0n) is 14.6. The molecule has 0 unspecified atom stereocenters. The molecule has 1 aliphatic carbocycles.